The maximum atomic E-state index is 14.2. The number of anilines is 2. The van der Waals surface area contributed by atoms with Crippen LogP contribution in [0.2, 0.25) is 0 Å². The number of likely N-dealkylation sites (tertiary alicyclic amines) is 1. The average Bonchev–Trinajstić information content (AvgIpc) is 3.01. The predicted octanol–water partition coefficient (Wildman–Crippen LogP) is 2.93. The summed E-state index contributed by atoms with van der Waals surface area (Å²) in [4.78, 5) is 4.48. The van der Waals surface area contributed by atoms with Gasteiger partial charge in [0.1, 0.15) is 5.82 Å². The van der Waals surface area contributed by atoms with E-state index < -0.39 is 0 Å². The maximum absolute atomic E-state index is 14.2. The van der Waals surface area contributed by atoms with E-state index in [9.17, 15) is 4.39 Å². The van der Waals surface area contributed by atoms with Gasteiger partial charge in [0, 0.05) is 37.4 Å². The molecule has 2 atom stereocenters. The Hall–Kier alpha value is -1.29. The van der Waals surface area contributed by atoms with Crippen molar-refractivity contribution in [3.8, 4) is 0 Å². The van der Waals surface area contributed by atoms with Crippen LogP contribution in [0.1, 0.15) is 26.2 Å². The molecule has 0 aromatic heterocycles. The Balaban J connectivity index is 1.67. The summed E-state index contributed by atoms with van der Waals surface area (Å²) < 4.78 is 14.2. The SMILES string of the molecule is CC1CC(Nc2ccc(N3CCCC3)c(F)c2)CN1C. The Morgan fingerprint density at radius 2 is 2.00 bits per heavy atom. The Labute approximate surface area is 120 Å². The van der Waals surface area contributed by atoms with E-state index in [2.05, 4.69) is 29.1 Å². The number of nitrogens with zero attached hydrogens (tertiary/aromatic N) is 2. The normalized spacial score (nSPS) is 27.2. The molecule has 0 spiro atoms. The van der Waals surface area contributed by atoms with Crippen LogP contribution in [0.5, 0.6) is 0 Å². The lowest BCUT2D eigenvalue weighted by Crippen LogP contribution is -2.25. The van der Waals surface area contributed by atoms with Crippen LogP contribution >= 0.6 is 0 Å². The molecule has 1 aromatic rings. The van der Waals surface area contributed by atoms with Crippen LogP contribution in [0.4, 0.5) is 15.8 Å². The van der Waals surface area contributed by atoms with Gasteiger partial charge in [0.2, 0.25) is 0 Å². The van der Waals surface area contributed by atoms with E-state index in [-0.39, 0.29) is 5.82 Å². The lowest BCUT2D eigenvalue weighted by Gasteiger charge is -2.20. The highest BCUT2D eigenvalue weighted by Crippen LogP contribution is 2.27. The van der Waals surface area contributed by atoms with Crippen molar-refractivity contribution in [3.63, 3.8) is 0 Å². The van der Waals surface area contributed by atoms with Crippen molar-refractivity contribution in [1.82, 2.24) is 4.90 Å². The van der Waals surface area contributed by atoms with E-state index in [1.54, 1.807) is 6.07 Å². The first kappa shape index (κ1) is 13.7. The summed E-state index contributed by atoms with van der Waals surface area (Å²) in [5, 5.41) is 3.46. The fourth-order valence-electron chi connectivity index (χ4n) is 3.35. The maximum Gasteiger partial charge on any atom is 0.148 e. The molecule has 0 saturated carbocycles. The van der Waals surface area contributed by atoms with Gasteiger partial charge in [-0.25, -0.2) is 4.39 Å². The van der Waals surface area contributed by atoms with Crippen LogP contribution < -0.4 is 10.2 Å². The van der Waals surface area contributed by atoms with Crippen LogP contribution in [0.25, 0.3) is 0 Å². The van der Waals surface area contributed by atoms with Crippen LogP contribution in [-0.2, 0) is 0 Å². The molecular formula is C16H24FN3. The van der Waals surface area contributed by atoms with Crippen LogP contribution in [0, 0.1) is 5.82 Å². The molecule has 2 heterocycles. The summed E-state index contributed by atoms with van der Waals surface area (Å²) in [5.41, 5.74) is 1.66. The van der Waals surface area contributed by atoms with Gasteiger partial charge in [0.25, 0.3) is 0 Å². The van der Waals surface area contributed by atoms with Gasteiger partial charge < -0.3 is 15.1 Å². The van der Waals surface area contributed by atoms with Crippen LogP contribution in [-0.4, -0.2) is 43.7 Å². The van der Waals surface area contributed by atoms with Gasteiger partial charge in [-0.15, -0.1) is 0 Å². The number of hydrogen-bond acceptors (Lipinski definition) is 3. The minimum absolute atomic E-state index is 0.101. The third-order valence-electron chi connectivity index (χ3n) is 4.65. The van der Waals surface area contributed by atoms with E-state index >= 15 is 0 Å². The minimum atomic E-state index is -0.101. The smallest absolute Gasteiger partial charge is 0.148 e. The second-order valence-electron chi connectivity index (χ2n) is 6.23. The van der Waals surface area contributed by atoms with Gasteiger partial charge in [0.05, 0.1) is 5.69 Å². The highest BCUT2D eigenvalue weighted by Gasteiger charge is 2.26. The molecule has 2 saturated heterocycles. The molecule has 0 amide bonds. The fourth-order valence-corrected chi connectivity index (χ4v) is 3.35. The van der Waals surface area contributed by atoms with Gasteiger partial charge in [-0.1, -0.05) is 0 Å². The summed E-state index contributed by atoms with van der Waals surface area (Å²) in [6, 6.07) is 6.61. The zero-order valence-corrected chi connectivity index (χ0v) is 12.4. The zero-order chi connectivity index (χ0) is 14.1. The summed E-state index contributed by atoms with van der Waals surface area (Å²) in [6.45, 7) is 5.22. The van der Waals surface area contributed by atoms with Gasteiger partial charge in [-0.2, -0.15) is 0 Å². The van der Waals surface area contributed by atoms with Crippen molar-refractivity contribution in [3.05, 3.63) is 24.0 Å². The van der Waals surface area contributed by atoms with Crippen molar-refractivity contribution in [2.75, 3.05) is 36.9 Å². The lowest BCUT2D eigenvalue weighted by molar-refractivity contribution is 0.330. The number of rotatable bonds is 3. The molecule has 110 valence electrons. The number of hydrogen-bond donors (Lipinski definition) is 1. The standard InChI is InChI=1S/C16H24FN3/c1-12-9-14(11-19(12)2)18-13-5-6-16(15(17)10-13)20-7-3-4-8-20/h5-6,10,12,14,18H,3-4,7-9,11H2,1-2H3. The van der Waals surface area contributed by atoms with E-state index in [0.29, 0.717) is 12.1 Å². The quantitative estimate of drug-likeness (QED) is 0.916. The molecule has 2 unspecified atom stereocenters. The molecular weight excluding hydrogens is 253 g/mol. The average molecular weight is 277 g/mol. The first-order valence-corrected chi connectivity index (χ1v) is 7.65. The molecule has 20 heavy (non-hydrogen) atoms. The Bertz CT molecular complexity index is 461. The molecule has 1 N–H and O–H groups in total. The molecule has 1 aromatic carbocycles. The van der Waals surface area contributed by atoms with E-state index in [4.69, 9.17) is 0 Å². The summed E-state index contributed by atoms with van der Waals surface area (Å²) in [6.07, 6.45) is 3.46. The van der Waals surface area contributed by atoms with Gasteiger partial charge in [-0.05, 0) is 51.4 Å². The highest BCUT2D eigenvalue weighted by molar-refractivity contribution is 5.57. The summed E-state index contributed by atoms with van der Waals surface area (Å²) >= 11 is 0. The molecule has 3 rings (SSSR count). The topological polar surface area (TPSA) is 18.5 Å². The molecule has 0 radical (unpaired) electrons. The summed E-state index contributed by atoms with van der Waals surface area (Å²) in [5.74, 6) is -0.101. The minimum Gasteiger partial charge on any atom is -0.381 e. The van der Waals surface area contributed by atoms with Crippen molar-refractivity contribution in [2.45, 2.75) is 38.3 Å². The molecule has 0 bridgehead atoms. The predicted molar refractivity (Wildman–Crippen MR) is 82.0 cm³/mol. The first-order chi connectivity index (χ1) is 9.63. The molecule has 2 aliphatic rings. The third-order valence-corrected chi connectivity index (χ3v) is 4.65. The van der Waals surface area contributed by atoms with Crippen LogP contribution in [0.15, 0.2) is 18.2 Å². The molecule has 0 aliphatic carbocycles. The van der Waals surface area contributed by atoms with Crippen molar-refractivity contribution >= 4 is 11.4 Å². The summed E-state index contributed by atoms with van der Waals surface area (Å²) in [7, 11) is 2.14. The van der Waals surface area contributed by atoms with Gasteiger partial charge in [-0.3, -0.25) is 0 Å². The number of benzene rings is 1. The van der Waals surface area contributed by atoms with Crippen molar-refractivity contribution in [1.29, 1.82) is 0 Å². The van der Waals surface area contributed by atoms with Crippen LogP contribution in [0.3, 0.4) is 0 Å². The monoisotopic (exact) mass is 277 g/mol. The Morgan fingerprint density at radius 1 is 1.25 bits per heavy atom. The van der Waals surface area contributed by atoms with Crippen molar-refractivity contribution in [2.24, 2.45) is 0 Å². The lowest BCUT2D eigenvalue weighted by atomic mass is 10.1. The Kier molecular flexibility index (Phi) is 3.83. The van der Waals surface area contributed by atoms with E-state index in [1.165, 1.54) is 12.8 Å². The molecule has 4 heteroatoms. The van der Waals surface area contributed by atoms with Gasteiger partial charge in [0.15, 0.2) is 0 Å². The highest BCUT2D eigenvalue weighted by atomic mass is 19.1. The molecule has 3 nitrogen and oxygen atoms in total. The van der Waals surface area contributed by atoms with E-state index in [0.717, 1.165) is 37.4 Å². The number of likely N-dealkylation sites (N-methyl/N-ethyl adjacent to an activating group) is 1. The second kappa shape index (κ2) is 5.60. The Morgan fingerprint density at radius 3 is 2.60 bits per heavy atom. The zero-order valence-electron chi connectivity index (χ0n) is 12.4. The molecule has 2 fully saturated rings. The third kappa shape index (κ3) is 2.75. The fraction of sp³-hybridized carbons (Fsp3) is 0.625. The number of nitrogens with one attached hydrogen (secondary N) is 1. The second-order valence-corrected chi connectivity index (χ2v) is 6.23. The molecule has 2 aliphatic heterocycles. The largest absolute Gasteiger partial charge is 0.381 e. The first-order valence-electron chi connectivity index (χ1n) is 7.65. The van der Waals surface area contributed by atoms with E-state index in [1.807, 2.05) is 12.1 Å². The van der Waals surface area contributed by atoms with Gasteiger partial charge >= 0.3 is 0 Å². The van der Waals surface area contributed by atoms with Crippen molar-refractivity contribution < 1.29 is 4.39 Å². The number of halogens is 1.